The van der Waals surface area contributed by atoms with Gasteiger partial charge in [-0.2, -0.15) is 0 Å². The molecule has 1 saturated carbocycles. The number of benzene rings is 1. The van der Waals surface area contributed by atoms with Gasteiger partial charge in [0, 0.05) is 16.8 Å². The van der Waals surface area contributed by atoms with E-state index in [2.05, 4.69) is 15.9 Å². The first kappa shape index (κ1) is 13.8. The van der Waals surface area contributed by atoms with Gasteiger partial charge in [0.05, 0.1) is 6.61 Å². The zero-order valence-electron chi connectivity index (χ0n) is 10.2. The molecule has 0 radical (unpaired) electrons. The summed E-state index contributed by atoms with van der Waals surface area (Å²) in [6.45, 7) is 0.487. The molecule has 1 aliphatic carbocycles. The second kappa shape index (κ2) is 6.00. The van der Waals surface area contributed by atoms with Gasteiger partial charge in [0.15, 0.2) is 11.6 Å². The molecule has 1 aliphatic rings. The maximum absolute atomic E-state index is 13.5. The number of halogens is 3. The van der Waals surface area contributed by atoms with Crippen LogP contribution in [-0.4, -0.2) is 11.9 Å². The summed E-state index contributed by atoms with van der Waals surface area (Å²) in [6.07, 6.45) is 5.85. The van der Waals surface area contributed by atoms with Crippen molar-refractivity contribution in [2.45, 2.75) is 32.1 Å². The molecular formula is C14H17BrF2O. The first-order valence-corrected chi connectivity index (χ1v) is 7.41. The molecule has 1 nitrogen and oxygen atoms in total. The lowest BCUT2D eigenvalue weighted by Crippen LogP contribution is -2.32. The molecule has 100 valence electrons. The van der Waals surface area contributed by atoms with Crippen molar-refractivity contribution in [1.82, 2.24) is 0 Å². The molecule has 1 aromatic rings. The highest BCUT2D eigenvalue weighted by Gasteiger charge is 2.32. The molecule has 0 atom stereocenters. The number of rotatable bonds is 4. The molecule has 0 spiro atoms. The molecule has 2 rings (SSSR count). The molecular weight excluding hydrogens is 302 g/mol. The van der Waals surface area contributed by atoms with E-state index >= 15 is 0 Å². The summed E-state index contributed by atoms with van der Waals surface area (Å²) < 4.78 is 31.8. The Morgan fingerprint density at radius 1 is 1.17 bits per heavy atom. The molecule has 0 aromatic heterocycles. The second-order valence-electron chi connectivity index (χ2n) is 5.06. The van der Waals surface area contributed by atoms with Crippen LogP contribution in [0.4, 0.5) is 8.78 Å². The summed E-state index contributed by atoms with van der Waals surface area (Å²) in [4.78, 5) is 0. The molecule has 0 N–H and O–H groups in total. The van der Waals surface area contributed by atoms with Crippen molar-refractivity contribution >= 4 is 15.9 Å². The van der Waals surface area contributed by atoms with Crippen molar-refractivity contribution in [3.05, 3.63) is 29.8 Å². The number of hydrogen-bond acceptors (Lipinski definition) is 1. The summed E-state index contributed by atoms with van der Waals surface area (Å²) in [5.74, 6) is -1.06. The Morgan fingerprint density at radius 3 is 2.50 bits per heavy atom. The molecule has 0 bridgehead atoms. The zero-order chi connectivity index (χ0) is 13.0. The van der Waals surface area contributed by atoms with E-state index in [1.54, 1.807) is 0 Å². The van der Waals surface area contributed by atoms with Crippen LogP contribution in [0.15, 0.2) is 18.2 Å². The molecule has 18 heavy (non-hydrogen) atoms. The molecule has 1 fully saturated rings. The van der Waals surface area contributed by atoms with Crippen LogP contribution in [0.3, 0.4) is 0 Å². The lowest BCUT2D eigenvalue weighted by Gasteiger charge is -2.35. The molecule has 4 heteroatoms. The number of ether oxygens (including phenoxy) is 1. The average molecular weight is 319 g/mol. The fraction of sp³-hybridized carbons (Fsp3) is 0.571. The summed E-state index contributed by atoms with van der Waals surface area (Å²) >= 11 is 3.54. The third kappa shape index (κ3) is 3.22. The highest BCUT2D eigenvalue weighted by molar-refractivity contribution is 9.09. The Bertz CT molecular complexity index is 403. The third-order valence-electron chi connectivity index (χ3n) is 3.63. The van der Waals surface area contributed by atoms with E-state index in [1.807, 2.05) is 0 Å². The van der Waals surface area contributed by atoms with Crippen molar-refractivity contribution < 1.29 is 13.5 Å². The summed E-state index contributed by atoms with van der Waals surface area (Å²) in [5.41, 5.74) is 0.0963. The largest absolute Gasteiger partial charge is 0.490 e. The van der Waals surface area contributed by atoms with Crippen molar-refractivity contribution in [1.29, 1.82) is 0 Å². The first-order valence-electron chi connectivity index (χ1n) is 6.29. The Labute approximate surface area is 115 Å². The smallest absolute Gasteiger partial charge is 0.167 e. The predicted octanol–water partition coefficient (Wildman–Crippen LogP) is 4.69. The molecule has 0 unspecified atom stereocenters. The number of alkyl halides is 1. The van der Waals surface area contributed by atoms with Crippen LogP contribution in [0.2, 0.25) is 0 Å². The van der Waals surface area contributed by atoms with Crippen LogP contribution >= 0.6 is 15.9 Å². The van der Waals surface area contributed by atoms with Crippen LogP contribution in [0, 0.1) is 17.0 Å². The Hall–Kier alpha value is -0.640. The lowest BCUT2D eigenvalue weighted by atomic mass is 9.76. The van der Waals surface area contributed by atoms with E-state index < -0.39 is 11.6 Å². The molecule has 0 heterocycles. The normalized spacial score (nSPS) is 18.6. The van der Waals surface area contributed by atoms with Gasteiger partial charge in [-0.1, -0.05) is 35.2 Å². The second-order valence-corrected chi connectivity index (χ2v) is 5.62. The predicted molar refractivity (Wildman–Crippen MR) is 71.2 cm³/mol. The van der Waals surface area contributed by atoms with E-state index in [4.69, 9.17) is 4.74 Å². The van der Waals surface area contributed by atoms with Gasteiger partial charge in [-0.15, -0.1) is 0 Å². The highest BCUT2D eigenvalue weighted by Crippen LogP contribution is 2.38. The van der Waals surface area contributed by atoms with Crippen LogP contribution in [0.1, 0.15) is 32.1 Å². The summed E-state index contributed by atoms with van der Waals surface area (Å²) in [6, 6.07) is 3.44. The zero-order valence-corrected chi connectivity index (χ0v) is 11.8. The fourth-order valence-electron chi connectivity index (χ4n) is 2.44. The first-order chi connectivity index (χ1) is 8.65. The molecule has 0 saturated heterocycles. The minimum absolute atomic E-state index is 0.0963. The van der Waals surface area contributed by atoms with E-state index in [9.17, 15) is 8.78 Å². The van der Waals surface area contributed by atoms with E-state index in [0.717, 1.165) is 24.2 Å². The quantitative estimate of drug-likeness (QED) is 0.732. The summed E-state index contributed by atoms with van der Waals surface area (Å²) in [7, 11) is 0. The van der Waals surface area contributed by atoms with Crippen molar-refractivity contribution in [2.24, 2.45) is 5.41 Å². The van der Waals surface area contributed by atoms with Crippen molar-refractivity contribution in [2.75, 3.05) is 11.9 Å². The van der Waals surface area contributed by atoms with E-state index in [0.29, 0.717) is 6.61 Å². The molecule has 1 aromatic carbocycles. The van der Waals surface area contributed by atoms with Crippen LogP contribution in [-0.2, 0) is 0 Å². The minimum Gasteiger partial charge on any atom is -0.490 e. The maximum atomic E-state index is 13.5. The molecule has 0 aliphatic heterocycles. The third-order valence-corrected chi connectivity index (χ3v) is 4.81. The fourth-order valence-corrected chi connectivity index (χ4v) is 3.16. The highest BCUT2D eigenvalue weighted by atomic mass is 79.9. The van der Waals surface area contributed by atoms with Crippen LogP contribution in [0.25, 0.3) is 0 Å². The summed E-state index contributed by atoms with van der Waals surface area (Å²) in [5, 5.41) is 0.864. The topological polar surface area (TPSA) is 9.23 Å². The monoisotopic (exact) mass is 318 g/mol. The maximum Gasteiger partial charge on any atom is 0.167 e. The number of hydrogen-bond donors (Lipinski definition) is 0. The van der Waals surface area contributed by atoms with E-state index in [-0.39, 0.29) is 11.2 Å². The lowest BCUT2D eigenvalue weighted by molar-refractivity contribution is 0.118. The van der Waals surface area contributed by atoms with Gasteiger partial charge in [-0.05, 0) is 25.0 Å². The van der Waals surface area contributed by atoms with Gasteiger partial charge in [0.2, 0.25) is 0 Å². The van der Waals surface area contributed by atoms with Gasteiger partial charge in [0.1, 0.15) is 5.82 Å². The Morgan fingerprint density at radius 2 is 1.89 bits per heavy atom. The Balaban J connectivity index is 2.01. The van der Waals surface area contributed by atoms with Gasteiger partial charge < -0.3 is 4.74 Å². The SMILES string of the molecule is Fc1ccc(OCC2(CBr)CCCCC2)c(F)c1. The van der Waals surface area contributed by atoms with Gasteiger partial charge >= 0.3 is 0 Å². The average Bonchev–Trinajstić information content (AvgIpc) is 2.39. The standard InChI is InChI=1S/C14H17BrF2O/c15-9-14(6-2-1-3-7-14)10-18-13-5-4-11(16)8-12(13)17/h4-5,8H,1-3,6-7,9-10H2. The van der Waals surface area contributed by atoms with Crippen molar-refractivity contribution in [3.63, 3.8) is 0 Å². The van der Waals surface area contributed by atoms with Gasteiger partial charge in [-0.25, -0.2) is 8.78 Å². The molecule has 0 amide bonds. The van der Waals surface area contributed by atoms with E-state index in [1.165, 1.54) is 31.4 Å². The van der Waals surface area contributed by atoms with Gasteiger partial charge in [0.25, 0.3) is 0 Å². The Kier molecular flexibility index (Phi) is 4.60. The van der Waals surface area contributed by atoms with Crippen LogP contribution < -0.4 is 4.74 Å². The van der Waals surface area contributed by atoms with Crippen LogP contribution in [0.5, 0.6) is 5.75 Å². The van der Waals surface area contributed by atoms with Gasteiger partial charge in [-0.3, -0.25) is 0 Å². The minimum atomic E-state index is -0.629. The van der Waals surface area contributed by atoms with Crippen molar-refractivity contribution in [3.8, 4) is 5.75 Å².